The van der Waals surface area contributed by atoms with Crippen LogP contribution >= 0.6 is 21.6 Å². The Morgan fingerprint density at radius 2 is 0.724 bits per heavy atom. The average molecular weight is 1120 g/mol. The Hall–Kier alpha value is -2.27. The molecule has 4 N–H and O–H groups in total. The number of carbonyl (C=O) groups excluding carboxylic acids is 5. The molecule has 1 heterocycles. The summed E-state index contributed by atoms with van der Waals surface area (Å²) in [5, 5.41) is 43.5. The predicted molar refractivity (Wildman–Crippen MR) is 303 cm³/mol. The Morgan fingerprint density at radius 1 is 0.408 bits per heavy atom. The van der Waals surface area contributed by atoms with Gasteiger partial charge in [0, 0.05) is 109 Å². The molecule has 0 spiro atoms. The zero-order valence-electron chi connectivity index (χ0n) is 48.3. The van der Waals surface area contributed by atoms with Crippen LogP contribution in [0.3, 0.4) is 0 Å². The van der Waals surface area contributed by atoms with Crippen molar-refractivity contribution in [3.8, 4) is 0 Å². The van der Waals surface area contributed by atoms with Gasteiger partial charge in [-0.15, -0.1) is 0 Å². The number of rotatable bonds is 48. The fourth-order valence-electron chi connectivity index (χ4n) is 8.78. The lowest BCUT2D eigenvalue weighted by Gasteiger charge is -2.34. The van der Waals surface area contributed by atoms with Gasteiger partial charge in [-0.3, -0.25) is 43.6 Å². The van der Waals surface area contributed by atoms with Crippen molar-refractivity contribution in [3.05, 3.63) is 0 Å². The van der Waals surface area contributed by atoms with E-state index in [1.165, 1.54) is 0 Å². The Kier molecular flexibility index (Phi) is 42.9. The molecule has 0 aromatic rings. The molecule has 0 aliphatic carbocycles. The quantitative estimate of drug-likeness (QED) is 0.0205. The molecule has 0 aromatic heterocycles. The summed E-state index contributed by atoms with van der Waals surface area (Å²) in [6, 6.07) is 0. The Morgan fingerprint density at radius 3 is 1.08 bits per heavy atom. The molecule has 18 nitrogen and oxygen atoms in total. The monoisotopic (exact) mass is 1120 g/mol. The van der Waals surface area contributed by atoms with Gasteiger partial charge in [0.1, 0.15) is 6.61 Å². The lowest BCUT2D eigenvalue weighted by atomic mass is 10.1. The maximum atomic E-state index is 12.8. The molecule has 1 aliphatic rings. The van der Waals surface area contributed by atoms with E-state index in [0.29, 0.717) is 142 Å². The highest BCUT2D eigenvalue weighted by atomic mass is 33.1. The molecule has 0 saturated carbocycles. The number of hydrogen-bond acceptors (Lipinski definition) is 20. The number of nitrogens with zero attached hydrogens (tertiary/aromatic N) is 4. The van der Waals surface area contributed by atoms with Crippen molar-refractivity contribution in [1.82, 2.24) is 19.6 Å². The Balaban J connectivity index is 2.40. The fourth-order valence-corrected chi connectivity index (χ4v) is 11.0. The Labute approximate surface area is 466 Å². The summed E-state index contributed by atoms with van der Waals surface area (Å²) in [6.45, 7) is 23.2. The van der Waals surface area contributed by atoms with Crippen molar-refractivity contribution in [2.45, 2.75) is 233 Å². The number of hydrogen-bond donors (Lipinski definition) is 4. The summed E-state index contributed by atoms with van der Waals surface area (Å²) in [6.07, 6.45) is 8.52. The van der Waals surface area contributed by atoms with Crippen molar-refractivity contribution in [3.63, 3.8) is 0 Å². The van der Waals surface area contributed by atoms with Gasteiger partial charge in [-0.1, -0.05) is 47.3 Å². The minimum Gasteiger partial charge on any atom is -0.464 e. The third-order valence-electron chi connectivity index (χ3n) is 12.5. The molecule has 0 bridgehead atoms. The van der Waals surface area contributed by atoms with E-state index in [2.05, 4.69) is 14.7 Å². The number of ether oxygens (including phenoxy) is 5. The van der Waals surface area contributed by atoms with Crippen LogP contribution in [0.4, 0.5) is 0 Å². The van der Waals surface area contributed by atoms with Crippen molar-refractivity contribution in [2.24, 2.45) is 0 Å². The van der Waals surface area contributed by atoms with Gasteiger partial charge in [0.15, 0.2) is 0 Å². The third kappa shape index (κ3) is 43.6. The average Bonchev–Trinajstić information content (AvgIpc) is 3.32. The molecule has 76 heavy (non-hydrogen) atoms. The van der Waals surface area contributed by atoms with Crippen LogP contribution in [0.5, 0.6) is 0 Å². The summed E-state index contributed by atoms with van der Waals surface area (Å²) < 4.78 is 26.5. The van der Waals surface area contributed by atoms with Crippen molar-refractivity contribution >= 4 is 51.4 Å². The molecule has 1 rings (SSSR count). The SMILES string of the molecule is CC(C)OC(=O)CCCCC(O)CN(CCCCSSCCN1CCN(CCOC(=O)CCCN(CC(O)CCCCC(=O)OC(C)C)CC(O)CCCCC(=O)OC(C)C)CC1)CC(O)CCCCC(=O)OC(C)C. The molecule has 20 heteroatoms. The van der Waals surface area contributed by atoms with Gasteiger partial charge in [0.25, 0.3) is 0 Å². The summed E-state index contributed by atoms with van der Waals surface area (Å²) in [4.78, 5) is 69.3. The summed E-state index contributed by atoms with van der Waals surface area (Å²) in [5.74, 6) is 0.874. The summed E-state index contributed by atoms with van der Waals surface area (Å²) in [7, 11) is 3.78. The van der Waals surface area contributed by atoms with E-state index in [0.717, 1.165) is 76.5 Å². The highest BCUT2D eigenvalue weighted by molar-refractivity contribution is 8.76. The van der Waals surface area contributed by atoms with Crippen LogP contribution in [0.2, 0.25) is 0 Å². The molecule has 4 unspecified atom stereocenters. The van der Waals surface area contributed by atoms with E-state index in [1.807, 2.05) is 81.9 Å². The topological polar surface area (TPSA) is 225 Å². The van der Waals surface area contributed by atoms with Crippen molar-refractivity contribution < 1.29 is 68.1 Å². The molecule has 1 saturated heterocycles. The van der Waals surface area contributed by atoms with Gasteiger partial charge in [-0.05, 0) is 139 Å². The van der Waals surface area contributed by atoms with E-state index >= 15 is 0 Å². The predicted octanol–water partition coefficient (Wildman–Crippen LogP) is 7.18. The number of unbranched alkanes of at least 4 members (excludes halogenated alkanes) is 5. The van der Waals surface area contributed by atoms with Crippen LogP contribution in [-0.2, 0) is 47.7 Å². The highest BCUT2D eigenvalue weighted by Gasteiger charge is 2.21. The molecule has 446 valence electrons. The van der Waals surface area contributed by atoms with Gasteiger partial charge in [0.05, 0.1) is 48.8 Å². The molecule has 4 atom stereocenters. The van der Waals surface area contributed by atoms with Gasteiger partial charge in [-0.25, -0.2) is 0 Å². The molecule has 1 fully saturated rings. The van der Waals surface area contributed by atoms with Gasteiger partial charge in [-0.2, -0.15) is 0 Å². The first-order valence-electron chi connectivity index (χ1n) is 29.0. The van der Waals surface area contributed by atoms with Gasteiger partial charge in [0.2, 0.25) is 0 Å². The summed E-state index contributed by atoms with van der Waals surface area (Å²) >= 11 is 0. The summed E-state index contributed by atoms with van der Waals surface area (Å²) in [5.41, 5.74) is 0. The number of esters is 5. The molecule has 0 aromatic carbocycles. The standard InChI is InChI=1S/C56H106N4O14S2/c1-44(2)71-53(66)24-13-9-20-48(61)40-59(41-49(62)21-10-14-25-54(67)72-45(3)4)29-17-18-38-75-76-39-36-58-33-31-57(32-34-58)35-37-70-52(65)28-19-30-60(42-50(63)22-11-15-26-55(68)73-46(5)6)43-51(64)23-12-16-27-56(69)74-47(7)8/h44-51,61-64H,9-43H2,1-8H3. The van der Waals surface area contributed by atoms with E-state index < -0.39 is 24.4 Å². The third-order valence-corrected chi connectivity index (χ3v) is 15.0. The smallest absolute Gasteiger partial charge is 0.306 e. The number of aliphatic hydroxyl groups excluding tert-OH is 4. The van der Waals surface area contributed by atoms with Crippen LogP contribution in [0, 0.1) is 0 Å². The molecule has 0 amide bonds. The maximum absolute atomic E-state index is 12.8. The first kappa shape index (κ1) is 71.7. The zero-order chi connectivity index (χ0) is 56.5. The van der Waals surface area contributed by atoms with Crippen molar-refractivity contribution in [1.29, 1.82) is 0 Å². The fraction of sp³-hybridized carbons (Fsp3) is 0.911. The van der Waals surface area contributed by atoms with Crippen LogP contribution in [0.15, 0.2) is 0 Å². The molecular formula is C56H106N4O14S2. The van der Waals surface area contributed by atoms with Gasteiger partial charge < -0.3 is 44.1 Å². The molecular weight excluding hydrogens is 1020 g/mol. The van der Waals surface area contributed by atoms with Crippen molar-refractivity contribution in [2.75, 3.05) is 96.6 Å². The Bertz CT molecular complexity index is 1430. The molecule has 1 aliphatic heterocycles. The lowest BCUT2D eigenvalue weighted by Crippen LogP contribution is -2.47. The second-order valence-corrected chi connectivity index (χ2v) is 24.3. The zero-order valence-corrected chi connectivity index (χ0v) is 50.0. The largest absolute Gasteiger partial charge is 0.464 e. The second kappa shape index (κ2) is 45.5. The van der Waals surface area contributed by atoms with E-state index in [4.69, 9.17) is 23.7 Å². The minimum atomic E-state index is -0.652. The highest BCUT2D eigenvalue weighted by Crippen LogP contribution is 2.23. The van der Waals surface area contributed by atoms with Crippen LogP contribution in [0.25, 0.3) is 0 Å². The molecule has 0 radical (unpaired) electrons. The number of carbonyl (C=O) groups is 5. The second-order valence-electron chi connectivity index (χ2n) is 21.6. The lowest BCUT2D eigenvalue weighted by molar-refractivity contribution is -0.148. The van der Waals surface area contributed by atoms with E-state index in [1.54, 1.807) is 0 Å². The van der Waals surface area contributed by atoms with E-state index in [9.17, 15) is 44.4 Å². The minimum absolute atomic E-state index is 0.136. The van der Waals surface area contributed by atoms with Crippen LogP contribution in [-0.4, -0.2) is 215 Å². The van der Waals surface area contributed by atoms with Crippen LogP contribution in [0.1, 0.15) is 184 Å². The van der Waals surface area contributed by atoms with E-state index in [-0.39, 0.29) is 60.7 Å². The first-order chi connectivity index (χ1) is 36.2. The van der Waals surface area contributed by atoms with Gasteiger partial charge >= 0.3 is 29.8 Å². The number of piperazine rings is 1. The van der Waals surface area contributed by atoms with Crippen LogP contribution < -0.4 is 0 Å². The normalized spacial score (nSPS) is 15.2. The number of aliphatic hydroxyl groups is 4. The first-order valence-corrected chi connectivity index (χ1v) is 31.5. The maximum Gasteiger partial charge on any atom is 0.306 e.